The van der Waals surface area contributed by atoms with E-state index in [2.05, 4.69) is 5.32 Å². The van der Waals surface area contributed by atoms with Crippen LogP contribution in [0.4, 0.5) is 24.5 Å². The Morgan fingerprint density at radius 3 is 2.38 bits per heavy atom. The van der Waals surface area contributed by atoms with Gasteiger partial charge in [-0.25, -0.2) is 0 Å². The number of anilines is 2. The topological polar surface area (TPSA) is 38.0 Å². The molecule has 0 saturated heterocycles. The molecule has 2 nitrogen and oxygen atoms in total. The molecule has 3 N–H and O–H groups in total. The van der Waals surface area contributed by atoms with Gasteiger partial charge in [-0.15, -0.1) is 0 Å². The van der Waals surface area contributed by atoms with Crippen LogP contribution < -0.4 is 11.1 Å². The van der Waals surface area contributed by atoms with Crippen LogP contribution in [0.1, 0.15) is 25.3 Å². The molecule has 1 fully saturated rings. The smallest absolute Gasteiger partial charge is 0.397 e. The molecule has 0 unspecified atom stereocenters. The summed E-state index contributed by atoms with van der Waals surface area (Å²) < 4.78 is 37.1. The molecule has 1 saturated carbocycles. The van der Waals surface area contributed by atoms with Crippen molar-refractivity contribution >= 4 is 11.4 Å². The first kappa shape index (κ1) is 11.1. The second kappa shape index (κ2) is 3.30. The molecule has 0 bridgehead atoms. The molecule has 1 aliphatic rings. The summed E-state index contributed by atoms with van der Waals surface area (Å²) in [5, 5.41) is 3.15. The number of hydrogen-bond donors (Lipinski definition) is 2. The average Bonchev–Trinajstić information content (AvgIpc) is 2.86. The minimum atomic E-state index is -4.34. The van der Waals surface area contributed by atoms with Crippen molar-refractivity contribution < 1.29 is 13.2 Å². The highest BCUT2D eigenvalue weighted by atomic mass is 19.4. The fourth-order valence-corrected chi connectivity index (χ4v) is 1.49. The van der Waals surface area contributed by atoms with Crippen LogP contribution in [0, 0.1) is 0 Å². The molecule has 0 spiro atoms. The molecule has 5 heteroatoms. The normalized spacial score (nSPS) is 18.2. The maximum absolute atomic E-state index is 12.4. The Morgan fingerprint density at radius 1 is 1.31 bits per heavy atom. The summed E-state index contributed by atoms with van der Waals surface area (Å²) in [5.74, 6) is 0. The predicted octanol–water partition coefficient (Wildman–Crippen LogP) is 3.25. The van der Waals surface area contributed by atoms with Gasteiger partial charge in [0, 0.05) is 5.54 Å². The molecule has 88 valence electrons. The van der Waals surface area contributed by atoms with Gasteiger partial charge in [0.2, 0.25) is 0 Å². The molecule has 0 aliphatic heterocycles. The fourth-order valence-electron chi connectivity index (χ4n) is 1.49. The molecule has 0 heterocycles. The van der Waals surface area contributed by atoms with Crippen LogP contribution in [0.2, 0.25) is 0 Å². The van der Waals surface area contributed by atoms with Gasteiger partial charge in [0.25, 0.3) is 0 Å². The molecule has 1 aromatic carbocycles. The summed E-state index contributed by atoms with van der Waals surface area (Å²) >= 11 is 0. The standard InChI is InChI=1S/C11H13F3N2/c1-10(4-5-10)16-9-3-2-7(6-8(9)15)11(12,13)14/h2-3,6,16H,4-5,15H2,1H3. The third kappa shape index (κ3) is 2.23. The van der Waals surface area contributed by atoms with E-state index in [-0.39, 0.29) is 11.2 Å². The third-order valence-corrected chi connectivity index (χ3v) is 2.82. The van der Waals surface area contributed by atoms with Gasteiger partial charge in [0.05, 0.1) is 16.9 Å². The van der Waals surface area contributed by atoms with Crippen molar-refractivity contribution in [2.75, 3.05) is 11.1 Å². The highest BCUT2D eigenvalue weighted by molar-refractivity contribution is 5.68. The zero-order chi connectivity index (χ0) is 12.0. The Bertz CT molecular complexity index is 408. The Balaban J connectivity index is 2.23. The Labute approximate surface area is 91.6 Å². The summed E-state index contributed by atoms with van der Waals surface area (Å²) in [6.07, 6.45) is -2.29. The lowest BCUT2D eigenvalue weighted by Crippen LogP contribution is -2.17. The Kier molecular flexibility index (Phi) is 2.29. The lowest BCUT2D eigenvalue weighted by atomic mass is 10.1. The predicted molar refractivity (Wildman–Crippen MR) is 57.1 cm³/mol. The van der Waals surface area contributed by atoms with E-state index in [1.807, 2.05) is 6.92 Å². The van der Waals surface area contributed by atoms with E-state index in [9.17, 15) is 13.2 Å². The Hall–Kier alpha value is -1.39. The van der Waals surface area contributed by atoms with Gasteiger partial charge < -0.3 is 11.1 Å². The molecule has 16 heavy (non-hydrogen) atoms. The third-order valence-electron chi connectivity index (χ3n) is 2.82. The molecule has 0 aromatic heterocycles. The summed E-state index contributed by atoms with van der Waals surface area (Å²) in [4.78, 5) is 0. The highest BCUT2D eigenvalue weighted by Gasteiger charge is 2.38. The quantitative estimate of drug-likeness (QED) is 0.765. The van der Waals surface area contributed by atoms with Crippen molar-refractivity contribution in [1.82, 2.24) is 0 Å². The summed E-state index contributed by atoms with van der Waals surface area (Å²) in [6, 6.07) is 3.40. The molecule has 2 rings (SSSR count). The number of halogens is 3. The molecular formula is C11H13F3N2. The van der Waals surface area contributed by atoms with E-state index in [0.29, 0.717) is 5.69 Å². The van der Waals surface area contributed by atoms with Crippen molar-refractivity contribution in [3.8, 4) is 0 Å². The van der Waals surface area contributed by atoms with Crippen molar-refractivity contribution in [2.45, 2.75) is 31.5 Å². The number of benzene rings is 1. The average molecular weight is 230 g/mol. The van der Waals surface area contributed by atoms with E-state index in [1.54, 1.807) is 0 Å². The van der Waals surface area contributed by atoms with Crippen LogP contribution in [0.3, 0.4) is 0 Å². The first-order chi connectivity index (χ1) is 7.30. The fraction of sp³-hybridized carbons (Fsp3) is 0.455. The molecule has 0 radical (unpaired) electrons. The minimum absolute atomic E-state index is 0.00781. The van der Waals surface area contributed by atoms with Crippen LogP contribution in [0.15, 0.2) is 18.2 Å². The first-order valence-electron chi connectivity index (χ1n) is 5.05. The maximum atomic E-state index is 12.4. The monoisotopic (exact) mass is 230 g/mol. The van der Waals surface area contributed by atoms with Gasteiger partial charge in [0.1, 0.15) is 0 Å². The van der Waals surface area contributed by atoms with Crippen LogP contribution in [-0.2, 0) is 6.18 Å². The van der Waals surface area contributed by atoms with Crippen molar-refractivity contribution in [3.05, 3.63) is 23.8 Å². The molecule has 0 atom stereocenters. The summed E-state index contributed by atoms with van der Waals surface area (Å²) in [6.45, 7) is 2.02. The number of nitrogens with one attached hydrogen (secondary N) is 1. The van der Waals surface area contributed by atoms with Gasteiger partial charge in [-0.1, -0.05) is 0 Å². The van der Waals surface area contributed by atoms with E-state index in [4.69, 9.17) is 5.73 Å². The number of hydrogen-bond acceptors (Lipinski definition) is 2. The zero-order valence-corrected chi connectivity index (χ0v) is 8.86. The largest absolute Gasteiger partial charge is 0.416 e. The molecule has 0 amide bonds. The number of nitrogen functional groups attached to an aromatic ring is 1. The van der Waals surface area contributed by atoms with E-state index >= 15 is 0 Å². The highest BCUT2D eigenvalue weighted by Crippen LogP contribution is 2.40. The van der Waals surface area contributed by atoms with E-state index in [1.165, 1.54) is 6.07 Å². The van der Waals surface area contributed by atoms with Gasteiger partial charge in [-0.05, 0) is 38.0 Å². The lowest BCUT2D eigenvalue weighted by Gasteiger charge is -2.16. The maximum Gasteiger partial charge on any atom is 0.416 e. The minimum Gasteiger partial charge on any atom is -0.397 e. The molecular weight excluding hydrogens is 217 g/mol. The summed E-state index contributed by atoms with van der Waals surface area (Å²) in [7, 11) is 0. The van der Waals surface area contributed by atoms with E-state index < -0.39 is 11.7 Å². The molecule has 1 aliphatic carbocycles. The second-order valence-electron chi connectivity index (χ2n) is 4.49. The Morgan fingerprint density at radius 2 is 1.94 bits per heavy atom. The first-order valence-corrected chi connectivity index (χ1v) is 5.05. The van der Waals surface area contributed by atoms with Gasteiger partial charge >= 0.3 is 6.18 Å². The van der Waals surface area contributed by atoms with Crippen LogP contribution in [-0.4, -0.2) is 5.54 Å². The van der Waals surface area contributed by atoms with Crippen LogP contribution >= 0.6 is 0 Å². The van der Waals surface area contributed by atoms with Gasteiger partial charge in [-0.2, -0.15) is 13.2 Å². The zero-order valence-electron chi connectivity index (χ0n) is 8.86. The van der Waals surface area contributed by atoms with Gasteiger partial charge in [-0.3, -0.25) is 0 Å². The second-order valence-corrected chi connectivity index (χ2v) is 4.49. The molecule has 1 aromatic rings. The van der Waals surface area contributed by atoms with Crippen molar-refractivity contribution in [3.63, 3.8) is 0 Å². The summed E-state index contributed by atoms with van der Waals surface area (Å²) in [5.41, 5.74) is 5.61. The lowest BCUT2D eigenvalue weighted by molar-refractivity contribution is -0.137. The SMILES string of the molecule is CC1(Nc2ccc(C(F)(F)F)cc2N)CC1. The number of rotatable bonds is 2. The van der Waals surface area contributed by atoms with E-state index in [0.717, 1.165) is 25.0 Å². The van der Waals surface area contributed by atoms with Gasteiger partial charge in [0.15, 0.2) is 0 Å². The van der Waals surface area contributed by atoms with Crippen LogP contribution in [0.5, 0.6) is 0 Å². The van der Waals surface area contributed by atoms with Crippen molar-refractivity contribution in [2.24, 2.45) is 0 Å². The number of alkyl halides is 3. The van der Waals surface area contributed by atoms with Crippen LogP contribution in [0.25, 0.3) is 0 Å². The van der Waals surface area contributed by atoms with Crippen molar-refractivity contribution in [1.29, 1.82) is 0 Å². The number of nitrogens with two attached hydrogens (primary N) is 1.